The van der Waals surface area contributed by atoms with Crippen molar-refractivity contribution >= 4 is 82.8 Å². The number of carboxylic acid groups (broad SMARTS) is 1. The summed E-state index contributed by atoms with van der Waals surface area (Å²) in [5, 5.41) is 44.4. The van der Waals surface area contributed by atoms with E-state index in [0.29, 0.717) is 70.8 Å². The molecule has 0 radical (unpaired) electrons. The van der Waals surface area contributed by atoms with Gasteiger partial charge in [-0.15, -0.1) is 0 Å². The van der Waals surface area contributed by atoms with Gasteiger partial charge in [0.1, 0.15) is 78.5 Å². The quantitative estimate of drug-likeness (QED) is 0.0343. The van der Waals surface area contributed by atoms with E-state index < -0.39 is 167 Å². The lowest BCUT2D eigenvalue weighted by Crippen LogP contribution is -2.60. The van der Waals surface area contributed by atoms with Crippen molar-refractivity contribution in [1.82, 2.24) is 69.1 Å². The van der Waals surface area contributed by atoms with Crippen LogP contribution in [0.1, 0.15) is 211 Å². The zero-order valence-electron chi connectivity index (χ0n) is 66.6. The number of carbonyl (C=O) groups is 14. The number of rotatable bonds is 57. The molecule has 0 fully saturated rings. The van der Waals surface area contributed by atoms with Crippen LogP contribution >= 0.6 is 0 Å². The molecular weight excluding hydrogens is 1410 g/mol. The summed E-state index contributed by atoms with van der Waals surface area (Å²) in [5.41, 5.74) is 36.1. The lowest BCUT2D eigenvalue weighted by molar-refractivity contribution is -0.142. The monoisotopic (exact) mass is 1540 g/mol. The summed E-state index contributed by atoms with van der Waals surface area (Å²) in [6.07, 6.45) is 5.10. The topological polar surface area (TPSA) is 572 Å². The largest absolute Gasteiger partial charge is 0.480 e. The van der Waals surface area contributed by atoms with Crippen LogP contribution < -0.4 is 104 Å². The highest BCUT2D eigenvalue weighted by molar-refractivity contribution is 6.00. The Morgan fingerprint density at radius 2 is 0.477 bits per heavy atom. The van der Waals surface area contributed by atoms with Crippen LogP contribution in [0.15, 0.2) is 30.3 Å². The fraction of sp³-hybridized carbons (Fsp3) is 0.733. The highest BCUT2D eigenvalue weighted by Crippen LogP contribution is 2.15. The van der Waals surface area contributed by atoms with Crippen molar-refractivity contribution in [2.45, 2.75) is 296 Å². The van der Waals surface area contributed by atoms with Crippen LogP contribution in [0.25, 0.3) is 0 Å². The van der Waals surface area contributed by atoms with E-state index in [1.807, 2.05) is 58.0 Å². The number of unbranched alkanes of at least 4 members (excludes halogenated alkanes) is 5. The van der Waals surface area contributed by atoms with Gasteiger partial charge in [-0.1, -0.05) is 85.7 Å². The molecule has 0 saturated heterocycles. The normalized spacial score (nSPS) is 15.2. The minimum absolute atomic E-state index is 0.0324. The number of benzene rings is 1. The Labute approximate surface area is 644 Å². The minimum Gasteiger partial charge on any atom is -0.480 e. The Morgan fingerprint density at radius 3 is 0.706 bits per heavy atom. The van der Waals surface area contributed by atoms with Crippen molar-refractivity contribution in [1.29, 1.82) is 0 Å². The first kappa shape index (κ1) is 98.6. The predicted molar refractivity (Wildman–Crippen MR) is 416 cm³/mol. The molecule has 1 aromatic rings. The second kappa shape index (κ2) is 54.2. The highest BCUT2D eigenvalue weighted by atomic mass is 16.4. The summed E-state index contributed by atoms with van der Waals surface area (Å²) in [7, 11) is 0. The molecule has 0 spiro atoms. The van der Waals surface area contributed by atoms with Gasteiger partial charge in [0.2, 0.25) is 76.8 Å². The molecule has 0 bridgehead atoms. The van der Waals surface area contributed by atoms with Crippen molar-refractivity contribution < 1.29 is 72.2 Å². The van der Waals surface area contributed by atoms with Crippen LogP contribution in [-0.4, -0.2) is 205 Å². The molecule has 34 nitrogen and oxygen atoms in total. The summed E-state index contributed by atoms with van der Waals surface area (Å²) in [6.45, 7) is 21.3. The molecule has 13 amide bonds. The molecule has 620 valence electrons. The van der Waals surface area contributed by atoms with Crippen LogP contribution in [0.2, 0.25) is 0 Å². The molecular formula is C75H135N19O15. The standard InChI is InChI=1S/C75H135N19O15/c1-43(2)38-58(74(107)85-50(12)65(98)94-61(75(108)109)41-46(7)8)91-69(102)55(30-18-23-35-78)88-64(97)49(11)84-73(106)60(40-45(5)6)93-71(104)57(32-20-25-37-80)90-68(101)54(29-17-22-34-77)87-63(96)48(10)83-72(105)59(39-44(3)4)92-70(103)56(31-19-24-36-79)89-67(100)53(28-16-21-33-76)86-62(95)47(9)82-66(99)52(81)42-51-26-14-13-15-27-51/h13-15,26-27,43-50,52-61H,16-25,28-42,76-81H2,1-12H3,(H,82,99)(H,83,105)(H,84,106)(H,85,107)(H,86,95)(H,87,96)(H,88,97)(H,89,100)(H,90,101)(H,91,102)(H,92,103)(H,93,104)(H,94,98)(H,108,109)/t47-,48-,49-,50-,52-,53-,54-,55-,56-,57-,58-,59-,60-,61-/m0/s1. The number of amides is 13. The molecule has 34 heteroatoms. The maximum Gasteiger partial charge on any atom is 0.326 e. The van der Waals surface area contributed by atoms with E-state index in [0.717, 1.165) is 5.56 Å². The molecule has 14 atom stereocenters. The Kier molecular flexibility index (Phi) is 49.0. The lowest BCUT2D eigenvalue weighted by Gasteiger charge is -2.28. The second-order valence-electron chi connectivity index (χ2n) is 30.0. The van der Waals surface area contributed by atoms with Gasteiger partial charge in [0, 0.05) is 0 Å². The number of hydrogen-bond acceptors (Lipinski definition) is 20. The Bertz CT molecular complexity index is 3000. The van der Waals surface area contributed by atoms with Crippen molar-refractivity contribution in [3.63, 3.8) is 0 Å². The average Bonchev–Trinajstić information content (AvgIpc) is 0.864. The fourth-order valence-corrected chi connectivity index (χ4v) is 11.6. The lowest BCUT2D eigenvalue weighted by atomic mass is 10.0. The number of carboxylic acids is 1. The molecule has 26 N–H and O–H groups in total. The Morgan fingerprint density at radius 1 is 0.275 bits per heavy atom. The fourth-order valence-electron chi connectivity index (χ4n) is 11.6. The third-order valence-electron chi connectivity index (χ3n) is 17.9. The van der Waals surface area contributed by atoms with E-state index in [4.69, 9.17) is 34.4 Å². The van der Waals surface area contributed by atoms with Gasteiger partial charge >= 0.3 is 5.97 Å². The van der Waals surface area contributed by atoms with Crippen molar-refractivity contribution in [2.24, 2.45) is 58.1 Å². The Hall–Kier alpha value is -8.44. The third-order valence-corrected chi connectivity index (χ3v) is 17.9. The summed E-state index contributed by atoms with van der Waals surface area (Å²) in [4.78, 5) is 194. The number of aliphatic carboxylic acids is 1. The van der Waals surface area contributed by atoms with Crippen molar-refractivity contribution in [2.75, 3.05) is 32.7 Å². The van der Waals surface area contributed by atoms with Gasteiger partial charge in [-0.25, -0.2) is 4.79 Å². The van der Waals surface area contributed by atoms with Gasteiger partial charge in [-0.2, -0.15) is 0 Å². The van der Waals surface area contributed by atoms with E-state index >= 15 is 0 Å². The first-order chi connectivity index (χ1) is 51.4. The average molecular weight is 1540 g/mol. The van der Waals surface area contributed by atoms with Crippen LogP contribution in [0.5, 0.6) is 0 Å². The number of carbonyl (C=O) groups excluding carboxylic acids is 13. The molecule has 0 unspecified atom stereocenters. The summed E-state index contributed by atoms with van der Waals surface area (Å²) in [6, 6.07) is -8.03. The van der Waals surface area contributed by atoms with Gasteiger partial charge in [0.15, 0.2) is 0 Å². The van der Waals surface area contributed by atoms with Crippen LogP contribution in [0.3, 0.4) is 0 Å². The maximum absolute atomic E-state index is 14.5. The molecule has 0 heterocycles. The SMILES string of the molecule is CC(C)C[C@H](NC(=O)[C@H](C)NC(=O)[C@H](CC(C)C)NC(=O)[C@H](CCCCN)NC(=O)[C@H](C)NC(=O)[C@H](CC(C)C)NC(=O)[C@H](CCCCN)NC(=O)[C@H](CCCCN)NC(=O)[C@H](C)NC(=O)[C@H](CC(C)C)NC(=O)[C@H](CCCCN)NC(=O)[C@H](CCCCN)NC(=O)[C@H](C)NC(=O)[C@@H](N)Cc1ccccc1)C(=O)O. The van der Waals surface area contributed by atoms with E-state index in [-0.39, 0.29) is 114 Å². The first-order valence-corrected chi connectivity index (χ1v) is 38.9. The van der Waals surface area contributed by atoms with Gasteiger partial charge in [-0.3, -0.25) is 62.3 Å². The van der Waals surface area contributed by atoms with Crippen LogP contribution in [-0.2, 0) is 73.5 Å². The van der Waals surface area contributed by atoms with Gasteiger partial charge in [0.25, 0.3) is 0 Å². The predicted octanol–water partition coefficient (Wildman–Crippen LogP) is -1.15. The van der Waals surface area contributed by atoms with E-state index in [1.54, 1.807) is 27.7 Å². The van der Waals surface area contributed by atoms with E-state index in [2.05, 4.69) is 69.1 Å². The van der Waals surface area contributed by atoms with Crippen LogP contribution in [0.4, 0.5) is 0 Å². The van der Waals surface area contributed by atoms with E-state index in [1.165, 1.54) is 27.7 Å². The molecule has 0 saturated carbocycles. The summed E-state index contributed by atoms with van der Waals surface area (Å²) in [5.74, 6) is -11.5. The smallest absolute Gasteiger partial charge is 0.326 e. The molecule has 109 heavy (non-hydrogen) atoms. The molecule has 0 aliphatic carbocycles. The molecule has 1 rings (SSSR count). The zero-order chi connectivity index (χ0) is 82.5. The van der Waals surface area contributed by atoms with Crippen LogP contribution in [0, 0.1) is 23.7 Å². The first-order valence-electron chi connectivity index (χ1n) is 38.9. The number of nitrogens with two attached hydrogens (primary N) is 6. The Balaban J connectivity index is 3.45. The van der Waals surface area contributed by atoms with Gasteiger partial charge in [0.05, 0.1) is 6.04 Å². The molecule has 0 aliphatic heterocycles. The van der Waals surface area contributed by atoms with Crippen molar-refractivity contribution in [3.8, 4) is 0 Å². The van der Waals surface area contributed by atoms with Gasteiger partial charge < -0.3 is 109 Å². The maximum atomic E-state index is 14.5. The highest BCUT2D eigenvalue weighted by Gasteiger charge is 2.37. The molecule has 1 aromatic carbocycles. The second-order valence-corrected chi connectivity index (χ2v) is 30.0. The molecule has 0 aromatic heterocycles. The van der Waals surface area contributed by atoms with E-state index in [9.17, 15) is 72.2 Å². The summed E-state index contributed by atoms with van der Waals surface area (Å²) < 4.78 is 0. The summed E-state index contributed by atoms with van der Waals surface area (Å²) >= 11 is 0. The van der Waals surface area contributed by atoms with Crippen molar-refractivity contribution in [3.05, 3.63) is 35.9 Å². The number of hydrogen-bond donors (Lipinski definition) is 20. The number of nitrogens with one attached hydrogen (secondary N) is 13. The molecule has 0 aliphatic rings. The third kappa shape index (κ3) is 40.7. The zero-order valence-corrected chi connectivity index (χ0v) is 66.6. The van der Waals surface area contributed by atoms with Gasteiger partial charge in [-0.05, 0) is 218 Å². The minimum atomic E-state index is -1.33.